The van der Waals surface area contributed by atoms with Crippen LogP contribution in [0.2, 0.25) is 0 Å². The second kappa shape index (κ2) is 8.12. The number of aromatic nitrogens is 3. The fraction of sp³-hybridized carbons (Fsp3) is 0.800. The molecule has 1 aliphatic heterocycles. The molecule has 0 amide bonds. The van der Waals surface area contributed by atoms with Gasteiger partial charge in [0.2, 0.25) is 0 Å². The predicted molar refractivity (Wildman–Crippen MR) is 86.9 cm³/mol. The molecule has 1 aromatic heterocycles. The molecule has 7 nitrogen and oxygen atoms in total. The van der Waals surface area contributed by atoms with Gasteiger partial charge in [0.25, 0.3) is 0 Å². The van der Waals surface area contributed by atoms with Crippen molar-refractivity contribution in [3.05, 3.63) is 11.6 Å². The highest BCUT2D eigenvalue weighted by Gasteiger charge is 2.22. The molecular formula is C15H28N6O. The lowest BCUT2D eigenvalue weighted by Gasteiger charge is -2.25. The zero-order valence-corrected chi connectivity index (χ0v) is 13.8. The number of nitrogens with zero attached hydrogens (tertiary/aromatic N) is 4. The van der Waals surface area contributed by atoms with Crippen molar-refractivity contribution in [2.45, 2.75) is 52.6 Å². The molecule has 1 aromatic rings. The van der Waals surface area contributed by atoms with Gasteiger partial charge in [0.15, 0.2) is 11.8 Å². The van der Waals surface area contributed by atoms with E-state index < -0.39 is 0 Å². The zero-order valence-electron chi connectivity index (χ0n) is 13.8. The molecule has 0 aliphatic carbocycles. The van der Waals surface area contributed by atoms with Crippen LogP contribution in [-0.2, 0) is 19.4 Å². The van der Waals surface area contributed by atoms with Gasteiger partial charge in [-0.1, -0.05) is 13.8 Å². The van der Waals surface area contributed by atoms with E-state index in [9.17, 15) is 0 Å². The molecule has 0 saturated heterocycles. The molecule has 2 atom stereocenters. The van der Waals surface area contributed by atoms with Gasteiger partial charge >= 0.3 is 0 Å². The standard InChI is InChI=1S/C15H28N6O/c1-4-13-19-14-7-6-12(9-21(14)20-13)18-15(16-5-2)17-8-11(3)10-22/h11-12,22H,4-10H2,1-3H3,(H2,16,17,18). The number of aliphatic imine (C=N–C) groups is 1. The minimum Gasteiger partial charge on any atom is -0.396 e. The highest BCUT2D eigenvalue weighted by atomic mass is 16.3. The SMILES string of the molecule is CCNC(=NCC(C)CO)NC1CCc2nc(CC)nn2C1. The fourth-order valence-corrected chi connectivity index (χ4v) is 2.45. The molecule has 124 valence electrons. The van der Waals surface area contributed by atoms with E-state index in [1.54, 1.807) is 0 Å². The zero-order chi connectivity index (χ0) is 15.9. The number of aryl methyl sites for hydroxylation is 2. The van der Waals surface area contributed by atoms with Crippen molar-refractivity contribution in [3.63, 3.8) is 0 Å². The van der Waals surface area contributed by atoms with Gasteiger partial charge in [0.05, 0.1) is 6.54 Å². The summed E-state index contributed by atoms with van der Waals surface area (Å²) < 4.78 is 2.01. The Bertz CT molecular complexity index is 498. The first kappa shape index (κ1) is 16.7. The number of guanidine groups is 1. The number of aliphatic hydroxyl groups excluding tert-OH is 1. The number of hydrogen-bond donors (Lipinski definition) is 3. The van der Waals surface area contributed by atoms with Crippen LogP contribution in [0.1, 0.15) is 38.8 Å². The van der Waals surface area contributed by atoms with E-state index in [4.69, 9.17) is 5.11 Å². The highest BCUT2D eigenvalue weighted by Crippen LogP contribution is 2.13. The lowest BCUT2D eigenvalue weighted by Crippen LogP contribution is -2.47. The van der Waals surface area contributed by atoms with Crippen LogP contribution in [-0.4, -0.2) is 51.6 Å². The molecule has 2 unspecified atom stereocenters. The molecule has 0 aromatic carbocycles. The van der Waals surface area contributed by atoms with E-state index in [0.717, 1.165) is 50.0 Å². The van der Waals surface area contributed by atoms with Gasteiger partial charge in [-0.05, 0) is 19.3 Å². The topological polar surface area (TPSA) is 87.4 Å². The van der Waals surface area contributed by atoms with Crippen molar-refractivity contribution in [2.24, 2.45) is 10.9 Å². The van der Waals surface area contributed by atoms with Crippen LogP contribution in [0.3, 0.4) is 0 Å². The molecule has 3 N–H and O–H groups in total. The van der Waals surface area contributed by atoms with Crippen LogP contribution in [0.5, 0.6) is 0 Å². The predicted octanol–water partition coefficient (Wildman–Crippen LogP) is 0.339. The van der Waals surface area contributed by atoms with Crippen LogP contribution >= 0.6 is 0 Å². The van der Waals surface area contributed by atoms with Crippen LogP contribution < -0.4 is 10.6 Å². The number of nitrogens with one attached hydrogen (secondary N) is 2. The summed E-state index contributed by atoms with van der Waals surface area (Å²) in [6, 6.07) is 0.307. The fourth-order valence-electron chi connectivity index (χ4n) is 2.45. The summed E-state index contributed by atoms with van der Waals surface area (Å²) in [4.78, 5) is 9.09. The van der Waals surface area contributed by atoms with E-state index in [1.807, 2.05) is 11.6 Å². The Kier molecular flexibility index (Phi) is 6.18. The smallest absolute Gasteiger partial charge is 0.191 e. The molecule has 0 fully saturated rings. The average Bonchev–Trinajstić information content (AvgIpc) is 2.94. The Morgan fingerprint density at radius 1 is 1.50 bits per heavy atom. The maximum Gasteiger partial charge on any atom is 0.191 e. The van der Waals surface area contributed by atoms with Gasteiger partial charge in [-0.3, -0.25) is 4.99 Å². The number of aliphatic hydroxyl groups is 1. The van der Waals surface area contributed by atoms with E-state index in [0.29, 0.717) is 12.6 Å². The van der Waals surface area contributed by atoms with Gasteiger partial charge in [-0.25, -0.2) is 9.67 Å². The van der Waals surface area contributed by atoms with E-state index in [-0.39, 0.29) is 12.5 Å². The molecule has 0 saturated carbocycles. The monoisotopic (exact) mass is 308 g/mol. The average molecular weight is 308 g/mol. The van der Waals surface area contributed by atoms with Crippen LogP contribution in [0.4, 0.5) is 0 Å². The number of hydrogen-bond acceptors (Lipinski definition) is 4. The molecule has 1 aliphatic rings. The maximum absolute atomic E-state index is 9.11. The largest absolute Gasteiger partial charge is 0.396 e. The van der Waals surface area contributed by atoms with Gasteiger partial charge in [0.1, 0.15) is 5.82 Å². The Balaban J connectivity index is 1.96. The van der Waals surface area contributed by atoms with Gasteiger partial charge in [0, 0.05) is 38.6 Å². The van der Waals surface area contributed by atoms with Crippen molar-refractivity contribution in [3.8, 4) is 0 Å². The summed E-state index contributed by atoms with van der Waals surface area (Å²) in [6.07, 6.45) is 2.85. The van der Waals surface area contributed by atoms with Crippen molar-refractivity contribution in [1.29, 1.82) is 0 Å². The molecule has 0 spiro atoms. The van der Waals surface area contributed by atoms with E-state index in [2.05, 4.69) is 39.6 Å². The Labute approximate surface area is 132 Å². The third kappa shape index (κ3) is 4.43. The molecule has 0 bridgehead atoms. The molecule has 0 radical (unpaired) electrons. The molecule has 2 heterocycles. The molecule has 7 heteroatoms. The van der Waals surface area contributed by atoms with Crippen LogP contribution in [0.25, 0.3) is 0 Å². The molecule has 22 heavy (non-hydrogen) atoms. The number of fused-ring (bicyclic) bond motifs is 1. The molecule has 2 rings (SSSR count). The van der Waals surface area contributed by atoms with Gasteiger partial charge in [-0.15, -0.1) is 0 Å². The Morgan fingerprint density at radius 2 is 2.32 bits per heavy atom. The van der Waals surface area contributed by atoms with Crippen molar-refractivity contribution in [1.82, 2.24) is 25.4 Å². The van der Waals surface area contributed by atoms with E-state index >= 15 is 0 Å². The first-order valence-corrected chi connectivity index (χ1v) is 8.24. The Hall–Kier alpha value is -1.63. The normalized spacial score (nSPS) is 19.6. The second-order valence-corrected chi connectivity index (χ2v) is 5.87. The van der Waals surface area contributed by atoms with Crippen LogP contribution in [0, 0.1) is 5.92 Å². The quantitative estimate of drug-likeness (QED) is 0.521. The summed E-state index contributed by atoms with van der Waals surface area (Å²) in [5.41, 5.74) is 0. The van der Waals surface area contributed by atoms with Crippen LogP contribution in [0.15, 0.2) is 4.99 Å². The lowest BCUT2D eigenvalue weighted by atomic mass is 10.1. The summed E-state index contributed by atoms with van der Waals surface area (Å²) >= 11 is 0. The minimum absolute atomic E-state index is 0.161. The summed E-state index contributed by atoms with van der Waals surface area (Å²) in [5.74, 6) is 3.00. The van der Waals surface area contributed by atoms with Gasteiger partial charge in [-0.2, -0.15) is 5.10 Å². The van der Waals surface area contributed by atoms with Crippen molar-refractivity contribution >= 4 is 5.96 Å². The number of rotatable bonds is 6. The maximum atomic E-state index is 9.11. The van der Waals surface area contributed by atoms with Crippen molar-refractivity contribution < 1.29 is 5.11 Å². The van der Waals surface area contributed by atoms with Gasteiger partial charge < -0.3 is 15.7 Å². The highest BCUT2D eigenvalue weighted by molar-refractivity contribution is 5.80. The third-order valence-corrected chi connectivity index (χ3v) is 3.78. The summed E-state index contributed by atoms with van der Waals surface area (Å²) in [6.45, 7) is 8.54. The third-order valence-electron chi connectivity index (χ3n) is 3.78. The minimum atomic E-state index is 0.161. The van der Waals surface area contributed by atoms with Crippen molar-refractivity contribution in [2.75, 3.05) is 19.7 Å². The Morgan fingerprint density at radius 3 is 3.00 bits per heavy atom. The summed E-state index contributed by atoms with van der Waals surface area (Å²) in [7, 11) is 0. The summed E-state index contributed by atoms with van der Waals surface area (Å²) in [5, 5.41) is 20.4. The van der Waals surface area contributed by atoms with E-state index in [1.165, 1.54) is 0 Å². The molecular weight excluding hydrogens is 280 g/mol. The second-order valence-electron chi connectivity index (χ2n) is 5.87. The first-order chi connectivity index (χ1) is 10.7. The lowest BCUT2D eigenvalue weighted by molar-refractivity contribution is 0.241. The first-order valence-electron chi connectivity index (χ1n) is 8.24.